The van der Waals surface area contributed by atoms with E-state index in [9.17, 15) is 0 Å². The molecule has 2 aromatic heterocycles. The molecule has 2 nitrogen and oxygen atoms in total. The molecular weight excluding hydrogens is 316 g/mol. The molecule has 26 heavy (non-hydrogen) atoms. The Morgan fingerprint density at radius 2 is 0.962 bits per heavy atom. The Morgan fingerprint density at radius 3 is 1.35 bits per heavy atom. The van der Waals surface area contributed by atoms with Crippen LogP contribution in [0.1, 0.15) is 11.1 Å². The van der Waals surface area contributed by atoms with Crippen LogP contribution in [0, 0.1) is 0 Å². The van der Waals surface area contributed by atoms with Gasteiger partial charge in [0.25, 0.3) is 0 Å². The van der Waals surface area contributed by atoms with Gasteiger partial charge in [-0.2, -0.15) is 0 Å². The van der Waals surface area contributed by atoms with Crippen molar-refractivity contribution in [1.82, 2.24) is 9.13 Å². The normalized spacial score (nSPS) is 11.5. The Kier molecular flexibility index (Phi) is 3.35. The Morgan fingerprint density at radius 1 is 0.615 bits per heavy atom. The van der Waals surface area contributed by atoms with Crippen molar-refractivity contribution in [3.8, 4) is 0 Å². The van der Waals surface area contributed by atoms with E-state index in [1.54, 1.807) is 0 Å². The first-order chi connectivity index (χ1) is 12.3. The van der Waals surface area contributed by atoms with Crippen molar-refractivity contribution in [2.24, 2.45) is 14.1 Å². The van der Waals surface area contributed by atoms with Gasteiger partial charge in [0, 0.05) is 57.0 Å². The van der Waals surface area contributed by atoms with E-state index in [4.69, 9.17) is 0 Å². The first kappa shape index (κ1) is 16.2. The fraction of sp³-hybridized carbons (Fsp3) is 0.0833. The summed E-state index contributed by atoms with van der Waals surface area (Å²) in [6, 6.07) is 12.7. The summed E-state index contributed by atoms with van der Waals surface area (Å²) in [6.45, 7) is 21.0. The lowest BCUT2D eigenvalue weighted by Crippen LogP contribution is -2.20. The van der Waals surface area contributed by atoms with Crippen molar-refractivity contribution in [1.29, 1.82) is 0 Å². The molecule has 0 saturated carbocycles. The van der Waals surface area contributed by atoms with Crippen LogP contribution in [0.3, 0.4) is 0 Å². The molecule has 0 bridgehead atoms. The molecule has 0 aliphatic heterocycles. The number of benzene rings is 2. The maximum absolute atomic E-state index is 4.34. The maximum atomic E-state index is 4.34. The summed E-state index contributed by atoms with van der Waals surface area (Å²) in [5.41, 5.74) is 3.16. The number of fused-ring (bicyclic) bond motifs is 2. The van der Waals surface area contributed by atoms with Gasteiger partial charge in [-0.15, -0.1) is 0 Å². The Hall–Kier alpha value is -3.26. The smallest absolute Gasteiger partial charge is 0.0415 e. The molecule has 0 unspecified atom stereocenters. The van der Waals surface area contributed by atoms with E-state index < -0.39 is 0 Å². The second kappa shape index (κ2) is 5.37. The van der Waals surface area contributed by atoms with Crippen LogP contribution < -0.4 is 21.4 Å². The number of rotatable bonds is 2. The highest BCUT2D eigenvalue weighted by Crippen LogP contribution is 2.25. The first-order valence-electron chi connectivity index (χ1n) is 8.53. The van der Waals surface area contributed by atoms with Gasteiger partial charge in [0.15, 0.2) is 0 Å². The van der Waals surface area contributed by atoms with Crippen LogP contribution >= 0.6 is 0 Å². The second-order valence-electron chi connectivity index (χ2n) is 6.90. The molecule has 0 radical (unpaired) electrons. The molecular formula is C24H22N2. The van der Waals surface area contributed by atoms with Gasteiger partial charge in [0.05, 0.1) is 0 Å². The predicted molar refractivity (Wildman–Crippen MR) is 115 cm³/mol. The summed E-state index contributed by atoms with van der Waals surface area (Å²) < 4.78 is 4.05. The average molecular weight is 338 g/mol. The molecule has 0 aliphatic rings. The molecule has 4 rings (SSSR count). The van der Waals surface area contributed by atoms with Gasteiger partial charge in [-0.05, 0) is 28.8 Å². The second-order valence-corrected chi connectivity index (χ2v) is 6.90. The molecule has 0 fully saturated rings. The Balaban J connectivity index is 1.90. The highest BCUT2D eigenvalue weighted by Gasteiger charge is 2.09. The van der Waals surface area contributed by atoms with Crippen LogP contribution in [-0.4, -0.2) is 9.13 Å². The summed E-state index contributed by atoms with van der Waals surface area (Å²) >= 11 is 0. The van der Waals surface area contributed by atoms with E-state index >= 15 is 0 Å². The van der Waals surface area contributed by atoms with Gasteiger partial charge in [-0.3, -0.25) is 0 Å². The lowest BCUT2D eigenvalue weighted by atomic mass is 9.96. The van der Waals surface area contributed by atoms with Crippen molar-refractivity contribution in [2.45, 2.75) is 0 Å². The van der Waals surface area contributed by atoms with Crippen LogP contribution in [0.25, 0.3) is 53.4 Å². The maximum Gasteiger partial charge on any atom is 0.0415 e. The summed E-state index contributed by atoms with van der Waals surface area (Å²) in [5, 5.41) is 8.42. The summed E-state index contributed by atoms with van der Waals surface area (Å²) in [7, 11) is 3.99. The van der Waals surface area contributed by atoms with Gasteiger partial charge in [-0.25, -0.2) is 0 Å². The van der Waals surface area contributed by atoms with Gasteiger partial charge in [0.1, 0.15) is 0 Å². The van der Waals surface area contributed by atoms with Crippen LogP contribution in [0.2, 0.25) is 0 Å². The van der Waals surface area contributed by atoms with Gasteiger partial charge >= 0.3 is 0 Å². The van der Waals surface area contributed by atoms with Crippen molar-refractivity contribution < 1.29 is 0 Å². The molecule has 2 heterocycles. The van der Waals surface area contributed by atoms with E-state index in [1.165, 1.54) is 0 Å². The highest BCUT2D eigenvalue weighted by molar-refractivity contribution is 5.92. The number of hydrogen-bond donors (Lipinski definition) is 0. The largest absolute Gasteiger partial charge is 0.345 e. The van der Waals surface area contributed by atoms with Gasteiger partial charge in [0.2, 0.25) is 0 Å². The molecule has 128 valence electrons. The molecule has 2 aromatic carbocycles. The van der Waals surface area contributed by atoms with Crippen molar-refractivity contribution >= 4 is 53.4 Å². The summed E-state index contributed by atoms with van der Waals surface area (Å²) in [5.74, 6) is 0. The molecule has 0 saturated heterocycles. The van der Waals surface area contributed by atoms with E-state index in [2.05, 4.69) is 69.3 Å². The van der Waals surface area contributed by atoms with E-state index in [1.807, 2.05) is 23.2 Å². The fourth-order valence-electron chi connectivity index (χ4n) is 3.66. The van der Waals surface area contributed by atoms with Gasteiger partial charge in [-0.1, -0.05) is 57.2 Å². The number of nitrogens with zero attached hydrogens (tertiary/aromatic N) is 2. The summed E-state index contributed by atoms with van der Waals surface area (Å²) in [6.07, 6.45) is 0. The van der Waals surface area contributed by atoms with E-state index in [-0.39, 0.29) is 0 Å². The SMILES string of the molecule is C=C(c1ccc2c(=C)n(C)c(=C)c2c1)c1ccc2c(=C)n(C)c(=C)c2c1. The van der Waals surface area contributed by atoms with E-state index in [0.29, 0.717) is 0 Å². The quantitative estimate of drug-likeness (QED) is 0.531. The molecule has 0 amide bonds. The van der Waals surface area contributed by atoms with Crippen molar-refractivity contribution in [3.05, 3.63) is 75.5 Å². The molecule has 0 atom stereocenters. The Labute approximate surface area is 152 Å². The third-order valence-corrected chi connectivity index (χ3v) is 5.60. The lowest BCUT2D eigenvalue weighted by molar-refractivity contribution is 0.871. The molecule has 0 N–H and O–H groups in total. The monoisotopic (exact) mass is 338 g/mol. The minimum Gasteiger partial charge on any atom is -0.345 e. The fourth-order valence-corrected chi connectivity index (χ4v) is 3.66. The summed E-state index contributed by atoms with van der Waals surface area (Å²) in [4.78, 5) is 0. The van der Waals surface area contributed by atoms with Crippen LogP contribution in [-0.2, 0) is 14.1 Å². The molecule has 4 aromatic rings. The topological polar surface area (TPSA) is 9.86 Å². The lowest BCUT2D eigenvalue weighted by Gasteiger charge is -2.07. The zero-order valence-corrected chi connectivity index (χ0v) is 15.4. The van der Waals surface area contributed by atoms with Crippen molar-refractivity contribution in [2.75, 3.05) is 0 Å². The molecule has 0 spiro atoms. The molecule has 2 heteroatoms. The van der Waals surface area contributed by atoms with Crippen LogP contribution in [0.5, 0.6) is 0 Å². The third kappa shape index (κ3) is 2.05. The minimum atomic E-state index is 0.972. The van der Waals surface area contributed by atoms with Crippen LogP contribution in [0.4, 0.5) is 0 Å². The molecule has 0 aliphatic carbocycles. The average Bonchev–Trinajstić information content (AvgIpc) is 3.01. The zero-order valence-electron chi connectivity index (χ0n) is 15.4. The minimum absolute atomic E-state index is 0.972. The predicted octanol–water partition coefficient (Wildman–Crippen LogP) is 2.37. The van der Waals surface area contributed by atoms with Crippen molar-refractivity contribution in [3.63, 3.8) is 0 Å². The zero-order chi connectivity index (χ0) is 18.7. The number of aromatic nitrogens is 2. The number of hydrogen-bond acceptors (Lipinski definition) is 0. The van der Waals surface area contributed by atoms with Gasteiger partial charge < -0.3 is 9.13 Å². The standard InChI is InChI=1S/C24H22N2/c1-14(19-8-10-21-15(2)25(6)17(4)23(21)12-19)20-9-11-22-16(3)26(7)18(5)24(22)13-20/h8-13H,1-5H2,6-7H3. The van der Waals surface area contributed by atoms with E-state index in [0.717, 1.165) is 59.6 Å². The first-order valence-corrected chi connectivity index (χ1v) is 8.53. The third-order valence-electron chi connectivity index (χ3n) is 5.60. The highest BCUT2D eigenvalue weighted by atomic mass is 14.9. The van der Waals surface area contributed by atoms with Crippen LogP contribution in [0.15, 0.2) is 43.0 Å². The Bertz CT molecular complexity index is 1320.